The highest BCUT2D eigenvalue weighted by Gasteiger charge is 2.44. The molecule has 208 valence electrons. The molecular formula is C28H30FN7O4. The molecular weight excluding hydrogens is 517 g/mol. The van der Waals surface area contributed by atoms with E-state index >= 15 is 0 Å². The molecule has 1 aromatic heterocycles. The van der Waals surface area contributed by atoms with Gasteiger partial charge in [-0.3, -0.25) is 24.1 Å². The maximum absolute atomic E-state index is 13.9. The Morgan fingerprint density at radius 2 is 1.93 bits per heavy atom. The van der Waals surface area contributed by atoms with Gasteiger partial charge < -0.3 is 16.0 Å². The average Bonchev–Trinajstić information content (AvgIpc) is 3.57. The summed E-state index contributed by atoms with van der Waals surface area (Å²) in [5, 5.41) is 18.5. The number of rotatable bonds is 8. The number of hydrogen-bond donors (Lipinski definition) is 4. The number of carbonyl (C=O) groups excluding carboxylic acids is 4. The molecule has 4 amide bonds. The summed E-state index contributed by atoms with van der Waals surface area (Å²) in [6.07, 6.45) is 2.69. The number of para-hydroxylation sites is 1. The fourth-order valence-electron chi connectivity index (χ4n) is 5.23. The summed E-state index contributed by atoms with van der Waals surface area (Å²) in [4.78, 5) is 54.8. The van der Waals surface area contributed by atoms with E-state index in [1.807, 2.05) is 18.2 Å². The Kier molecular flexibility index (Phi) is 7.58. The van der Waals surface area contributed by atoms with E-state index in [0.29, 0.717) is 30.6 Å². The number of hydrogen-bond acceptors (Lipinski definition) is 6. The minimum atomic E-state index is -0.968. The van der Waals surface area contributed by atoms with Gasteiger partial charge in [-0.05, 0) is 48.1 Å². The number of nitrogens with zero attached hydrogens (tertiary/aromatic N) is 3. The number of halogens is 1. The Hall–Kier alpha value is -4.61. The van der Waals surface area contributed by atoms with Crippen molar-refractivity contribution in [2.24, 2.45) is 5.92 Å². The zero-order valence-corrected chi connectivity index (χ0v) is 22.1. The van der Waals surface area contributed by atoms with Crippen molar-refractivity contribution in [3.63, 3.8) is 0 Å². The number of anilines is 1. The summed E-state index contributed by atoms with van der Waals surface area (Å²) in [6.45, 7) is 3.68. The number of aryl methyl sites for hydroxylation is 1. The lowest BCUT2D eigenvalue weighted by molar-refractivity contribution is -0.130. The fourth-order valence-corrected chi connectivity index (χ4v) is 5.23. The summed E-state index contributed by atoms with van der Waals surface area (Å²) in [5.74, 6) is -2.74. The molecule has 0 bridgehead atoms. The highest BCUT2D eigenvalue weighted by Crippen LogP contribution is 2.39. The molecule has 0 aliphatic carbocycles. The number of amides is 4. The Balaban J connectivity index is 1.34. The molecule has 5 rings (SSSR count). The van der Waals surface area contributed by atoms with Gasteiger partial charge in [0.2, 0.25) is 17.7 Å². The van der Waals surface area contributed by atoms with E-state index in [4.69, 9.17) is 0 Å². The van der Waals surface area contributed by atoms with Crippen molar-refractivity contribution in [1.29, 1.82) is 0 Å². The van der Waals surface area contributed by atoms with Gasteiger partial charge in [-0.15, -0.1) is 0 Å². The van der Waals surface area contributed by atoms with Crippen LogP contribution in [-0.4, -0.2) is 57.2 Å². The van der Waals surface area contributed by atoms with E-state index in [9.17, 15) is 23.6 Å². The summed E-state index contributed by atoms with van der Waals surface area (Å²) >= 11 is 0. The topological polar surface area (TPSA) is 149 Å². The van der Waals surface area contributed by atoms with Gasteiger partial charge in [0.15, 0.2) is 0 Å². The van der Waals surface area contributed by atoms with E-state index in [2.05, 4.69) is 31.4 Å². The first-order chi connectivity index (χ1) is 19.2. The van der Waals surface area contributed by atoms with E-state index in [0.717, 1.165) is 17.2 Å². The number of aromatic nitrogens is 3. The molecule has 0 saturated heterocycles. The highest BCUT2D eigenvalue weighted by molar-refractivity contribution is 6.08. The lowest BCUT2D eigenvalue weighted by Crippen LogP contribution is -2.58. The molecule has 0 spiro atoms. The van der Waals surface area contributed by atoms with Crippen LogP contribution in [0.2, 0.25) is 0 Å². The number of H-pyrrole nitrogens is 1. The van der Waals surface area contributed by atoms with Crippen LogP contribution in [0.25, 0.3) is 0 Å². The largest absolute Gasteiger partial charge is 0.348 e. The predicted octanol–water partition coefficient (Wildman–Crippen LogP) is 1.40. The maximum Gasteiger partial charge on any atom is 0.252 e. The third kappa shape index (κ3) is 5.42. The van der Waals surface area contributed by atoms with E-state index < -0.39 is 41.7 Å². The summed E-state index contributed by atoms with van der Waals surface area (Å²) < 4.78 is 13.6. The van der Waals surface area contributed by atoms with Crippen molar-refractivity contribution in [2.45, 2.75) is 57.8 Å². The van der Waals surface area contributed by atoms with Crippen LogP contribution in [0.4, 0.5) is 10.1 Å². The minimum Gasteiger partial charge on any atom is -0.348 e. The highest BCUT2D eigenvalue weighted by atomic mass is 19.1. The van der Waals surface area contributed by atoms with Crippen LogP contribution in [0.3, 0.4) is 0 Å². The first kappa shape index (κ1) is 27.0. The number of benzene rings is 2. The van der Waals surface area contributed by atoms with Crippen molar-refractivity contribution in [1.82, 2.24) is 31.4 Å². The zero-order valence-electron chi connectivity index (χ0n) is 22.1. The summed E-state index contributed by atoms with van der Waals surface area (Å²) in [5.41, 5.74) is 3.17. The van der Waals surface area contributed by atoms with Gasteiger partial charge in [-0.1, -0.05) is 38.1 Å². The van der Waals surface area contributed by atoms with Crippen molar-refractivity contribution in [2.75, 3.05) is 4.90 Å². The molecule has 3 atom stereocenters. The average molecular weight is 548 g/mol. The predicted molar refractivity (Wildman–Crippen MR) is 142 cm³/mol. The fraction of sp³-hybridized carbons (Fsp3) is 0.357. The van der Waals surface area contributed by atoms with Crippen LogP contribution >= 0.6 is 0 Å². The molecule has 3 aromatic rings. The number of aromatic amines is 1. The van der Waals surface area contributed by atoms with Gasteiger partial charge in [-0.2, -0.15) is 15.4 Å². The van der Waals surface area contributed by atoms with Gasteiger partial charge in [-0.25, -0.2) is 4.39 Å². The van der Waals surface area contributed by atoms with Gasteiger partial charge >= 0.3 is 0 Å². The van der Waals surface area contributed by atoms with Crippen molar-refractivity contribution >= 4 is 29.3 Å². The Morgan fingerprint density at radius 1 is 1.15 bits per heavy atom. The van der Waals surface area contributed by atoms with E-state index in [1.165, 1.54) is 29.3 Å². The number of nitrogens with one attached hydrogen (secondary N) is 4. The normalized spacial score (nSPS) is 18.6. The molecule has 0 fully saturated rings. The van der Waals surface area contributed by atoms with Crippen LogP contribution in [0.15, 0.2) is 48.7 Å². The first-order valence-electron chi connectivity index (χ1n) is 13.2. The van der Waals surface area contributed by atoms with Gasteiger partial charge in [0.25, 0.3) is 5.91 Å². The Bertz CT molecular complexity index is 1440. The smallest absolute Gasteiger partial charge is 0.252 e. The Labute approximate surface area is 229 Å². The second-order valence-electron chi connectivity index (χ2n) is 10.3. The molecule has 0 saturated carbocycles. The Morgan fingerprint density at radius 3 is 2.65 bits per heavy atom. The lowest BCUT2D eigenvalue weighted by atomic mass is 9.99. The molecule has 0 unspecified atom stereocenters. The second kappa shape index (κ2) is 11.2. The van der Waals surface area contributed by atoms with Crippen LogP contribution < -0.4 is 20.9 Å². The first-order valence-corrected chi connectivity index (χ1v) is 13.2. The van der Waals surface area contributed by atoms with Gasteiger partial charge in [0, 0.05) is 12.0 Å². The van der Waals surface area contributed by atoms with Crippen LogP contribution in [-0.2, 0) is 33.8 Å². The van der Waals surface area contributed by atoms with E-state index in [-0.39, 0.29) is 23.9 Å². The monoisotopic (exact) mass is 547 g/mol. The third-order valence-corrected chi connectivity index (χ3v) is 7.26. The van der Waals surface area contributed by atoms with Gasteiger partial charge in [0.05, 0.1) is 18.4 Å². The second-order valence-corrected chi connectivity index (χ2v) is 10.3. The minimum absolute atomic E-state index is 0.0866. The van der Waals surface area contributed by atoms with Crippen LogP contribution in [0, 0.1) is 11.7 Å². The standard InChI is InChI=1S/C28H30FN7O4/c1-15(2)23(33-25(37)18-7-4-8-19(29)11-18)27(39)32-21-10-9-16-5-3-6-17-12-22(36(24(16)17)28(21)40)26(38)30-13-20-14-31-35-34-20/h3-8,11,14-15,21-23H,9-10,12-13H2,1-2H3,(H,30,38)(H,32,39)(H,33,37)(H,31,34,35)/t21-,22-,23-/m0/s1. The molecule has 2 aromatic carbocycles. The molecule has 0 radical (unpaired) electrons. The lowest BCUT2D eigenvalue weighted by Gasteiger charge is -2.29. The molecule has 2 aliphatic rings. The molecule has 3 heterocycles. The third-order valence-electron chi connectivity index (χ3n) is 7.26. The van der Waals surface area contributed by atoms with E-state index in [1.54, 1.807) is 13.8 Å². The molecule has 4 N–H and O–H groups in total. The van der Waals surface area contributed by atoms with Gasteiger partial charge in [0.1, 0.15) is 29.6 Å². The molecule has 2 aliphatic heterocycles. The van der Waals surface area contributed by atoms with Crippen LogP contribution in [0.5, 0.6) is 0 Å². The summed E-state index contributed by atoms with van der Waals surface area (Å²) in [7, 11) is 0. The number of carbonyl (C=O) groups is 4. The zero-order chi connectivity index (χ0) is 28.4. The molecule has 40 heavy (non-hydrogen) atoms. The summed E-state index contributed by atoms with van der Waals surface area (Å²) in [6, 6.07) is 8.25. The molecule has 12 heteroatoms. The quantitative estimate of drug-likeness (QED) is 0.335. The van der Waals surface area contributed by atoms with Crippen LogP contribution in [0.1, 0.15) is 47.4 Å². The SMILES string of the molecule is CC(C)[C@H](NC(=O)c1cccc(F)c1)C(=O)N[C@H]1CCc2cccc3c2N(C1=O)[C@H](C(=O)NCc1cn[nH]n1)C3. The van der Waals surface area contributed by atoms with Crippen molar-refractivity contribution in [3.8, 4) is 0 Å². The van der Waals surface area contributed by atoms with Crippen molar-refractivity contribution < 1.29 is 23.6 Å². The maximum atomic E-state index is 13.9. The van der Waals surface area contributed by atoms with Crippen molar-refractivity contribution in [3.05, 3.63) is 76.9 Å². The molecule has 11 nitrogen and oxygen atoms in total.